The monoisotopic (exact) mass is 376 g/mol. The first-order valence-electron chi connectivity index (χ1n) is 8.35. The number of benzene rings is 2. The molecule has 134 valence electrons. The average molecular weight is 376 g/mol. The van der Waals surface area contributed by atoms with Gasteiger partial charge in [0, 0.05) is 34.6 Å². The zero-order chi connectivity index (χ0) is 18.6. The molecule has 0 aliphatic carbocycles. The third-order valence-electron chi connectivity index (χ3n) is 4.00. The third kappa shape index (κ3) is 3.88. The van der Waals surface area contributed by atoms with Gasteiger partial charge in [-0.1, -0.05) is 30.3 Å². The number of anilines is 1. The molecule has 4 rings (SSSR count). The number of nitrogens with one attached hydrogen (secondary N) is 2. The van der Waals surface area contributed by atoms with E-state index in [1.807, 2.05) is 52.5 Å². The van der Waals surface area contributed by atoms with E-state index >= 15 is 0 Å². The van der Waals surface area contributed by atoms with Gasteiger partial charge >= 0.3 is 0 Å². The summed E-state index contributed by atoms with van der Waals surface area (Å²) in [6.07, 6.45) is 3.94. The van der Waals surface area contributed by atoms with Crippen molar-refractivity contribution in [1.82, 2.24) is 14.7 Å². The Kier molecular flexibility index (Phi) is 4.67. The highest BCUT2D eigenvalue weighted by Gasteiger charge is 2.09. The number of imidazole rings is 1. The molecule has 0 saturated carbocycles. The van der Waals surface area contributed by atoms with Crippen molar-refractivity contribution < 1.29 is 9.59 Å². The minimum atomic E-state index is -0.283. The van der Waals surface area contributed by atoms with Gasteiger partial charge in [0.05, 0.1) is 12.2 Å². The second-order valence-corrected chi connectivity index (χ2v) is 6.77. The van der Waals surface area contributed by atoms with Crippen molar-refractivity contribution in [2.24, 2.45) is 0 Å². The number of rotatable bonds is 5. The van der Waals surface area contributed by atoms with Crippen LogP contribution in [-0.4, -0.2) is 27.7 Å². The largest absolute Gasteiger partial charge is 0.343 e. The summed E-state index contributed by atoms with van der Waals surface area (Å²) in [6, 6.07) is 16.2. The molecular weight excluding hydrogens is 360 g/mol. The van der Waals surface area contributed by atoms with Crippen molar-refractivity contribution in [2.45, 2.75) is 0 Å². The average Bonchev–Trinajstić information content (AvgIpc) is 3.30. The summed E-state index contributed by atoms with van der Waals surface area (Å²) < 4.78 is 1.98. The first kappa shape index (κ1) is 17.0. The zero-order valence-electron chi connectivity index (χ0n) is 14.3. The van der Waals surface area contributed by atoms with Gasteiger partial charge in [0.25, 0.3) is 5.91 Å². The maximum absolute atomic E-state index is 12.0. The number of thiazole rings is 1. The fraction of sp³-hybridized carbons (Fsp3) is 0.0500. The Balaban J connectivity index is 1.34. The van der Waals surface area contributed by atoms with Gasteiger partial charge in [-0.15, -0.1) is 11.3 Å². The molecule has 27 heavy (non-hydrogen) atoms. The zero-order valence-corrected chi connectivity index (χ0v) is 15.1. The van der Waals surface area contributed by atoms with Crippen LogP contribution in [0.5, 0.6) is 0 Å². The molecular formula is C20H16N4O2S. The summed E-state index contributed by atoms with van der Waals surface area (Å²) in [5.74, 6) is -0.560. The molecule has 2 heterocycles. The predicted molar refractivity (Wildman–Crippen MR) is 106 cm³/mol. The molecule has 0 aliphatic heterocycles. The van der Waals surface area contributed by atoms with E-state index in [0.29, 0.717) is 11.3 Å². The smallest absolute Gasteiger partial charge is 0.251 e. The summed E-state index contributed by atoms with van der Waals surface area (Å²) in [5.41, 5.74) is 3.05. The lowest BCUT2D eigenvalue weighted by molar-refractivity contribution is -0.115. The molecule has 0 saturated heterocycles. The number of aromatic nitrogens is 2. The van der Waals surface area contributed by atoms with E-state index in [0.717, 1.165) is 16.2 Å². The van der Waals surface area contributed by atoms with Gasteiger partial charge in [-0.25, -0.2) is 4.98 Å². The van der Waals surface area contributed by atoms with Gasteiger partial charge in [0.2, 0.25) is 5.91 Å². The van der Waals surface area contributed by atoms with Crippen molar-refractivity contribution in [3.8, 4) is 11.3 Å². The highest BCUT2D eigenvalue weighted by atomic mass is 32.1. The number of nitrogens with zero attached hydrogens (tertiary/aromatic N) is 2. The molecule has 4 aromatic rings. The lowest BCUT2D eigenvalue weighted by Gasteiger charge is -2.07. The Morgan fingerprint density at radius 2 is 1.81 bits per heavy atom. The van der Waals surface area contributed by atoms with Gasteiger partial charge in [0.1, 0.15) is 0 Å². The van der Waals surface area contributed by atoms with Crippen LogP contribution < -0.4 is 10.6 Å². The molecule has 0 unspecified atom stereocenters. The Hall–Kier alpha value is -3.45. The van der Waals surface area contributed by atoms with Crippen LogP contribution in [0.15, 0.2) is 72.4 Å². The van der Waals surface area contributed by atoms with Crippen LogP contribution in [0.1, 0.15) is 10.4 Å². The molecule has 6 nitrogen and oxygen atoms in total. The second kappa shape index (κ2) is 7.43. The van der Waals surface area contributed by atoms with Crippen molar-refractivity contribution >= 4 is 33.8 Å². The lowest BCUT2D eigenvalue weighted by Crippen LogP contribution is -2.32. The minimum Gasteiger partial charge on any atom is -0.343 e. The quantitative estimate of drug-likeness (QED) is 0.560. The summed E-state index contributed by atoms with van der Waals surface area (Å²) in [6.45, 7) is -0.0905. The van der Waals surface area contributed by atoms with Crippen LogP contribution in [0.25, 0.3) is 16.2 Å². The molecule has 0 bridgehead atoms. The van der Waals surface area contributed by atoms with Crippen molar-refractivity contribution in [3.63, 3.8) is 0 Å². The number of amides is 2. The Morgan fingerprint density at radius 3 is 2.56 bits per heavy atom. The number of fused-ring (bicyclic) bond motifs is 1. The van der Waals surface area contributed by atoms with Gasteiger partial charge in [-0.3, -0.25) is 14.0 Å². The van der Waals surface area contributed by atoms with Gasteiger partial charge < -0.3 is 10.6 Å². The highest BCUT2D eigenvalue weighted by Crippen LogP contribution is 2.23. The van der Waals surface area contributed by atoms with E-state index in [4.69, 9.17) is 0 Å². The van der Waals surface area contributed by atoms with Crippen LogP contribution in [-0.2, 0) is 4.79 Å². The summed E-state index contributed by atoms with van der Waals surface area (Å²) in [5, 5.41) is 7.36. The van der Waals surface area contributed by atoms with Crippen LogP contribution in [0.3, 0.4) is 0 Å². The predicted octanol–water partition coefficient (Wildman–Crippen LogP) is 3.43. The van der Waals surface area contributed by atoms with Crippen LogP contribution in [0, 0.1) is 0 Å². The van der Waals surface area contributed by atoms with E-state index in [1.54, 1.807) is 35.6 Å². The Bertz CT molecular complexity index is 1060. The van der Waals surface area contributed by atoms with Crippen molar-refractivity contribution in [1.29, 1.82) is 0 Å². The molecule has 2 aromatic heterocycles. The van der Waals surface area contributed by atoms with Crippen LogP contribution in [0.2, 0.25) is 0 Å². The first-order valence-corrected chi connectivity index (χ1v) is 9.23. The molecule has 2 amide bonds. The number of carbonyl (C=O) groups is 2. The molecule has 0 radical (unpaired) electrons. The van der Waals surface area contributed by atoms with Crippen LogP contribution in [0.4, 0.5) is 5.69 Å². The number of hydrogen-bond donors (Lipinski definition) is 2. The number of carbonyl (C=O) groups excluding carboxylic acids is 2. The van der Waals surface area contributed by atoms with Gasteiger partial charge in [0.15, 0.2) is 4.96 Å². The Labute approximate surface area is 159 Å². The highest BCUT2D eigenvalue weighted by molar-refractivity contribution is 7.15. The molecule has 0 fully saturated rings. The molecule has 7 heteroatoms. The lowest BCUT2D eigenvalue weighted by atomic mass is 10.1. The normalized spacial score (nSPS) is 10.7. The van der Waals surface area contributed by atoms with E-state index < -0.39 is 0 Å². The fourth-order valence-electron chi connectivity index (χ4n) is 2.65. The summed E-state index contributed by atoms with van der Waals surface area (Å²) in [4.78, 5) is 29.5. The van der Waals surface area contributed by atoms with Crippen molar-refractivity contribution in [2.75, 3.05) is 11.9 Å². The maximum Gasteiger partial charge on any atom is 0.251 e. The third-order valence-corrected chi connectivity index (χ3v) is 4.77. The Morgan fingerprint density at radius 1 is 1.04 bits per heavy atom. The van der Waals surface area contributed by atoms with Gasteiger partial charge in [-0.05, 0) is 24.3 Å². The molecule has 0 aliphatic rings. The molecule has 0 atom stereocenters. The summed E-state index contributed by atoms with van der Waals surface area (Å²) in [7, 11) is 0. The molecule has 0 spiro atoms. The van der Waals surface area contributed by atoms with Crippen LogP contribution >= 0.6 is 11.3 Å². The van der Waals surface area contributed by atoms with E-state index in [-0.39, 0.29) is 18.4 Å². The van der Waals surface area contributed by atoms with Gasteiger partial charge in [-0.2, -0.15) is 0 Å². The van der Waals surface area contributed by atoms with Crippen molar-refractivity contribution in [3.05, 3.63) is 77.9 Å². The van der Waals surface area contributed by atoms with E-state index in [9.17, 15) is 9.59 Å². The fourth-order valence-corrected chi connectivity index (χ4v) is 3.35. The number of hydrogen-bond acceptors (Lipinski definition) is 4. The first-order chi connectivity index (χ1) is 13.2. The standard InChI is InChI=1S/C20H16N4O2S/c25-18(12-21-19(26)15-4-2-1-3-5-15)22-16-8-6-14(7-9-16)17-13-24-10-11-27-20(24)23-17/h1-11,13H,12H2,(H,21,26)(H,22,25). The van der Waals surface area contributed by atoms with E-state index in [2.05, 4.69) is 15.6 Å². The van der Waals surface area contributed by atoms with E-state index in [1.165, 1.54) is 0 Å². The maximum atomic E-state index is 12.0. The SMILES string of the molecule is O=C(CNC(=O)c1ccccc1)Nc1ccc(-c2cn3ccsc3n2)cc1. The summed E-state index contributed by atoms with van der Waals surface area (Å²) >= 11 is 1.58. The molecule has 2 N–H and O–H groups in total. The topological polar surface area (TPSA) is 75.5 Å². The molecule has 2 aromatic carbocycles. The minimum absolute atomic E-state index is 0.0905. The second-order valence-electron chi connectivity index (χ2n) is 5.89.